The molecule has 1 rings (SSSR count). The smallest absolute Gasteiger partial charge is 0.0792 e. The minimum atomic E-state index is -0.294. The molecular formula is C17H28O. The lowest BCUT2D eigenvalue weighted by atomic mass is 9.90. The highest BCUT2D eigenvalue weighted by atomic mass is 16.3. The van der Waals surface area contributed by atoms with Gasteiger partial charge in [-0.15, -0.1) is 0 Å². The molecular weight excluding hydrogens is 220 g/mol. The van der Waals surface area contributed by atoms with E-state index in [2.05, 4.69) is 45.0 Å². The summed E-state index contributed by atoms with van der Waals surface area (Å²) in [6.45, 7) is 6.61. The van der Waals surface area contributed by atoms with E-state index >= 15 is 0 Å². The fraction of sp³-hybridized carbons (Fsp3) is 0.647. The number of aliphatic hydroxyl groups is 1. The first-order valence-electron chi connectivity index (χ1n) is 7.48. The summed E-state index contributed by atoms with van der Waals surface area (Å²) in [6.07, 6.45) is 6.61. The molecule has 0 aliphatic carbocycles. The van der Waals surface area contributed by atoms with Gasteiger partial charge in [0.25, 0.3) is 0 Å². The van der Waals surface area contributed by atoms with Crippen LogP contribution in [0.25, 0.3) is 0 Å². The van der Waals surface area contributed by atoms with Gasteiger partial charge in [0.1, 0.15) is 0 Å². The van der Waals surface area contributed by atoms with Gasteiger partial charge >= 0.3 is 0 Å². The first-order chi connectivity index (χ1) is 8.71. The van der Waals surface area contributed by atoms with Crippen molar-refractivity contribution in [3.63, 3.8) is 0 Å². The van der Waals surface area contributed by atoms with E-state index < -0.39 is 0 Å². The molecule has 0 aliphatic rings. The molecule has 0 spiro atoms. The summed E-state index contributed by atoms with van der Waals surface area (Å²) in [5.41, 5.74) is 2.41. The van der Waals surface area contributed by atoms with Gasteiger partial charge in [-0.2, -0.15) is 0 Å². The number of hydrogen-bond donors (Lipinski definition) is 1. The molecule has 0 amide bonds. The van der Waals surface area contributed by atoms with E-state index in [0.717, 1.165) is 18.4 Å². The van der Waals surface area contributed by atoms with Crippen molar-refractivity contribution in [2.45, 2.75) is 65.4 Å². The van der Waals surface area contributed by atoms with Crippen LogP contribution >= 0.6 is 0 Å². The molecule has 0 radical (unpaired) electrons. The maximum atomic E-state index is 10.3. The van der Waals surface area contributed by atoms with Crippen LogP contribution in [0.2, 0.25) is 0 Å². The van der Waals surface area contributed by atoms with Crippen LogP contribution in [-0.4, -0.2) is 5.11 Å². The third kappa shape index (κ3) is 4.81. The number of aliphatic hydroxyl groups excluding tert-OH is 1. The number of hydrogen-bond acceptors (Lipinski definition) is 1. The van der Waals surface area contributed by atoms with Gasteiger partial charge in [-0.3, -0.25) is 0 Å². The molecule has 2 atom stereocenters. The SMILES string of the molecule is CCCCC(CC)CC(O)c1ccc(CC)cc1. The highest BCUT2D eigenvalue weighted by molar-refractivity contribution is 5.24. The van der Waals surface area contributed by atoms with Crippen molar-refractivity contribution in [2.75, 3.05) is 0 Å². The third-order valence-corrected chi connectivity index (χ3v) is 3.87. The van der Waals surface area contributed by atoms with Crippen molar-refractivity contribution >= 4 is 0 Å². The Labute approximate surface area is 112 Å². The van der Waals surface area contributed by atoms with Crippen molar-refractivity contribution in [1.82, 2.24) is 0 Å². The van der Waals surface area contributed by atoms with Gasteiger partial charge in [0.05, 0.1) is 6.10 Å². The van der Waals surface area contributed by atoms with Crippen molar-refractivity contribution in [1.29, 1.82) is 0 Å². The Bertz CT molecular complexity index is 315. The van der Waals surface area contributed by atoms with E-state index in [-0.39, 0.29) is 6.10 Å². The summed E-state index contributed by atoms with van der Waals surface area (Å²) in [6, 6.07) is 8.42. The lowest BCUT2D eigenvalue weighted by Gasteiger charge is -2.19. The van der Waals surface area contributed by atoms with Crippen LogP contribution in [0.4, 0.5) is 0 Å². The van der Waals surface area contributed by atoms with Crippen molar-refractivity contribution in [3.8, 4) is 0 Å². The van der Waals surface area contributed by atoms with Gasteiger partial charge < -0.3 is 5.11 Å². The Hall–Kier alpha value is -0.820. The largest absolute Gasteiger partial charge is 0.388 e. The van der Waals surface area contributed by atoms with Gasteiger partial charge in [0, 0.05) is 0 Å². The van der Waals surface area contributed by atoms with E-state index in [1.807, 2.05) is 0 Å². The molecule has 1 nitrogen and oxygen atoms in total. The van der Waals surface area contributed by atoms with Crippen LogP contribution in [0, 0.1) is 5.92 Å². The van der Waals surface area contributed by atoms with E-state index in [0.29, 0.717) is 5.92 Å². The van der Waals surface area contributed by atoms with Crippen LogP contribution < -0.4 is 0 Å². The zero-order valence-electron chi connectivity index (χ0n) is 12.2. The summed E-state index contributed by atoms with van der Waals surface area (Å²) in [4.78, 5) is 0. The number of unbranched alkanes of at least 4 members (excludes halogenated alkanes) is 1. The molecule has 0 heterocycles. The van der Waals surface area contributed by atoms with Crippen molar-refractivity contribution in [2.24, 2.45) is 5.92 Å². The minimum absolute atomic E-state index is 0.294. The lowest BCUT2D eigenvalue weighted by Crippen LogP contribution is -2.07. The number of rotatable bonds is 8. The van der Waals surface area contributed by atoms with Crippen LogP contribution in [0.3, 0.4) is 0 Å². The van der Waals surface area contributed by atoms with Crippen LogP contribution in [-0.2, 0) is 6.42 Å². The Kier molecular flexibility index (Phi) is 7.04. The Morgan fingerprint density at radius 3 is 2.22 bits per heavy atom. The quantitative estimate of drug-likeness (QED) is 0.694. The molecule has 0 bridgehead atoms. The molecule has 18 heavy (non-hydrogen) atoms. The summed E-state index contributed by atoms with van der Waals surface area (Å²) >= 11 is 0. The maximum Gasteiger partial charge on any atom is 0.0792 e. The Morgan fingerprint density at radius 2 is 1.72 bits per heavy atom. The van der Waals surface area contributed by atoms with Gasteiger partial charge in [-0.25, -0.2) is 0 Å². The number of aryl methyl sites for hydroxylation is 1. The average molecular weight is 248 g/mol. The molecule has 1 aromatic carbocycles. The highest BCUT2D eigenvalue weighted by Crippen LogP contribution is 2.26. The van der Waals surface area contributed by atoms with E-state index in [4.69, 9.17) is 0 Å². The summed E-state index contributed by atoms with van der Waals surface area (Å²) < 4.78 is 0. The van der Waals surface area contributed by atoms with Gasteiger partial charge in [-0.05, 0) is 29.9 Å². The molecule has 2 unspecified atom stereocenters. The summed E-state index contributed by atoms with van der Waals surface area (Å²) in [5.74, 6) is 0.658. The van der Waals surface area contributed by atoms with Crippen LogP contribution in [0.15, 0.2) is 24.3 Å². The maximum absolute atomic E-state index is 10.3. The molecule has 1 aromatic rings. The predicted octanol–water partition coefficient (Wildman–Crippen LogP) is 4.89. The summed E-state index contributed by atoms with van der Waals surface area (Å²) in [5, 5.41) is 10.3. The van der Waals surface area contributed by atoms with Gasteiger partial charge in [0.2, 0.25) is 0 Å². The van der Waals surface area contributed by atoms with Crippen LogP contribution in [0.1, 0.15) is 70.1 Å². The molecule has 0 saturated carbocycles. The highest BCUT2D eigenvalue weighted by Gasteiger charge is 2.14. The third-order valence-electron chi connectivity index (χ3n) is 3.87. The van der Waals surface area contributed by atoms with Gasteiger partial charge in [0.15, 0.2) is 0 Å². The fourth-order valence-electron chi connectivity index (χ4n) is 2.41. The fourth-order valence-corrected chi connectivity index (χ4v) is 2.41. The Morgan fingerprint density at radius 1 is 1.06 bits per heavy atom. The second-order valence-corrected chi connectivity index (χ2v) is 5.26. The number of benzene rings is 1. The molecule has 0 aromatic heterocycles. The lowest BCUT2D eigenvalue weighted by molar-refractivity contribution is 0.139. The second kappa shape index (κ2) is 8.31. The first kappa shape index (κ1) is 15.2. The summed E-state index contributed by atoms with van der Waals surface area (Å²) in [7, 11) is 0. The predicted molar refractivity (Wildman–Crippen MR) is 78.7 cm³/mol. The zero-order chi connectivity index (χ0) is 13.4. The molecule has 0 aliphatic heterocycles. The Balaban J connectivity index is 2.53. The molecule has 1 N–H and O–H groups in total. The first-order valence-corrected chi connectivity index (χ1v) is 7.48. The monoisotopic (exact) mass is 248 g/mol. The topological polar surface area (TPSA) is 20.2 Å². The molecule has 102 valence electrons. The minimum Gasteiger partial charge on any atom is -0.388 e. The normalized spacial score (nSPS) is 14.4. The van der Waals surface area contributed by atoms with Crippen molar-refractivity contribution in [3.05, 3.63) is 35.4 Å². The van der Waals surface area contributed by atoms with E-state index in [1.54, 1.807) is 0 Å². The van der Waals surface area contributed by atoms with Crippen LogP contribution in [0.5, 0.6) is 0 Å². The average Bonchev–Trinajstić information content (AvgIpc) is 2.43. The molecule has 1 heteroatoms. The standard InChI is InChI=1S/C17H28O/c1-4-7-8-15(6-3)13-17(18)16-11-9-14(5-2)10-12-16/h9-12,15,17-18H,4-8,13H2,1-3H3. The molecule has 0 fully saturated rings. The van der Waals surface area contributed by atoms with Crippen molar-refractivity contribution < 1.29 is 5.11 Å². The molecule has 0 saturated heterocycles. The van der Waals surface area contributed by atoms with E-state index in [1.165, 1.54) is 31.2 Å². The van der Waals surface area contributed by atoms with E-state index in [9.17, 15) is 5.11 Å². The second-order valence-electron chi connectivity index (χ2n) is 5.26. The zero-order valence-corrected chi connectivity index (χ0v) is 12.2. The van der Waals surface area contributed by atoms with Gasteiger partial charge in [-0.1, -0.05) is 70.7 Å².